The van der Waals surface area contributed by atoms with Crippen molar-refractivity contribution in [3.63, 3.8) is 0 Å². The summed E-state index contributed by atoms with van der Waals surface area (Å²) in [7, 11) is 0. The average molecular weight is 334 g/mol. The normalized spacial score (nSPS) is 16.1. The second kappa shape index (κ2) is 14.9. The predicted molar refractivity (Wildman–Crippen MR) is 116 cm³/mol. The summed E-state index contributed by atoms with van der Waals surface area (Å²) in [5.41, 5.74) is 3.25. The highest BCUT2D eigenvalue weighted by atomic mass is 14.8. The fourth-order valence-corrected chi connectivity index (χ4v) is 2.16. The fraction of sp³-hybridized carbons (Fsp3) is 0.208. The van der Waals surface area contributed by atoms with Crippen molar-refractivity contribution >= 4 is 6.21 Å². The third kappa shape index (κ3) is 9.26. The van der Waals surface area contributed by atoms with E-state index in [1.807, 2.05) is 76.4 Å². The largest absolute Gasteiger partial charge is 0.280 e. The highest BCUT2D eigenvalue weighted by Crippen LogP contribution is 2.20. The Labute approximate surface area is 154 Å². The Kier molecular flexibility index (Phi) is 13.3. The highest BCUT2D eigenvalue weighted by Gasteiger charge is 2.13. The zero-order chi connectivity index (χ0) is 18.9. The van der Waals surface area contributed by atoms with Gasteiger partial charge in [-0.3, -0.25) is 4.99 Å². The second-order valence-corrected chi connectivity index (χ2v) is 5.16. The van der Waals surface area contributed by atoms with E-state index >= 15 is 0 Å². The summed E-state index contributed by atoms with van der Waals surface area (Å²) >= 11 is 0. The minimum absolute atomic E-state index is 0.0907. The van der Waals surface area contributed by atoms with Gasteiger partial charge >= 0.3 is 0 Å². The van der Waals surface area contributed by atoms with Crippen LogP contribution in [0.15, 0.2) is 114 Å². The van der Waals surface area contributed by atoms with E-state index in [4.69, 9.17) is 4.99 Å². The first kappa shape index (κ1) is 22.3. The van der Waals surface area contributed by atoms with Crippen molar-refractivity contribution in [1.82, 2.24) is 0 Å². The topological polar surface area (TPSA) is 12.4 Å². The Balaban J connectivity index is 6.12. The van der Waals surface area contributed by atoms with Gasteiger partial charge < -0.3 is 0 Å². The molecule has 0 saturated heterocycles. The molecule has 1 atom stereocenters. The van der Waals surface area contributed by atoms with Crippen LogP contribution in [0.2, 0.25) is 0 Å². The predicted octanol–water partition coefficient (Wildman–Crippen LogP) is 6.88. The number of hydrogen-bond donors (Lipinski definition) is 0. The molecule has 0 amide bonds. The van der Waals surface area contributed by atoms with Gasteiger partial charge in [0.15, 0.2) is 0 Å². The van der Waals surface area contributed by atoms with Crippen molar-refractivity contribution in [1.29, 1.82) is 0 Å². The van der Waals surface area contributed by atoms with Crippen LogP contribution in [0.1, 0.15) is 27.7 Å². The summed E-state index contributed by atoms with van der Waals surface area (Å²) in [6, 6.07) is -0.0907. The maximum atomic E-state index is 4.86. The smallest absolute Gasteiger partial charge is 0.0996 e. The molecule has 132 valence electrons. The minimum Gasteiger partial charge on any atom is -0.280 e. The Morgan fingerprint density at radius 1 is 0.760 bits per heavy atom. The maximum Gasteiger partial charge on any atom is 0.0996 e. The molecule has 0 bridgehead atoms. The quantitative estimate of drug-likeness (QED) is 0.305. The molecule has 0 aliphatic carbocycles. The number of allylic oxidation sites excluding steroid dienone is 12. The molecule has 0 aromatic heterocycles. The molecule has 0 saturated carbocycles. The summed E-state index contributed by atoms with van der Waals surface area (Å²) in [5, 5.41) is 0. The van der Waals surface area contributed by atoms with Gasteiger partial charge in [0.2, 0.25) is 0 Å². The monoisotopic (exact) mass is 333 g/mol. The van der Waals surface area contributed by atoms with E-state index in [9.17, 15) is 0 Å². The molecule has 0 rings (SSSR count). The lowest BCUT2D eigenvalue weighted by Crippen LogP contribution is -2.10. The van der Waals surface area contributed by atoms with Crippen LogP contribution in [-0.4, -0.2) is 12.3 Å². The van der Waals surface area contributed by atoms with Crippen molar-refractivity contribution in [2.24, 2.45) is 4.99 Å². The van der Waals surface area contributed by atoms with Crippen LogP contribution in [0.25, 0.3) is 0 Å². The van der Waals surface area contributed by atoms with Gasteiger partial charge in [0.05, 0.1) is 6.04 Å². The Morgan fingerprint density at radius 2 is 1.48 bits per heavy atom. The van der Waals surface area contributed by atoms with Crippen LogP contribution in [0.4, 0.5) is 0 Å². The molecule has 0 aliphatic heterocycles. The fourth-order valence-electron chi connectivity index (χ4n) is 2.16. The molecule has 0 heterocycles. The molecule has 0 aromatic rings. The first-order valence-electron chi connectivity index (χ1n) is 8.57. The molecule has 25 heavy (non-hydrogen) atoms. The van der Waals surface area contributed by atoms with Crippen molar-refractivity contribution < 1.29 is 0 Å². The van der Waals surface area contributed by atoms with Crippen LogP contribution >= 0.6 is 0 Å². The molecule has 0 aromatic carbocycles. The summed E-state index contributed by atoms with van der Waals surface area (Å²) in [5.74, 6) is 0. The number of rotatable bonds is 10. The first-order chi connectivity index (χ1) is 12.2. The SMILES string of the molecule is C=C/C=C\C(=C/C)C(N=CC(/C=C\C)=C/C=C)C(/C=C\C)=C/C=C\C. The molecule has 1 nitrogen and oxygen atoms in total. The van der Waals surface area contributed by atoms with Gasteiger partial charge in [-0.1, -0.05) is 92.1 Å². The third-order valence-electron chi connectivity index (χ3n) is 3.27. The zero-order valence-corrected chi connectivity index (χ0v) is 16.0. The van der Waals surface area contributed by atoms with Crippen LogP contribution < -0.4 is 0 Å². The molecule has 1 unspecified atom stereocenters. The molecule has 0 fully saturated rings. The van der Waals surface area contributed by atoms with Crippen LogP contribution in [0, 0.1) is 0 Å². The Bertz CT molecular complexity index is 644. The highest BCUT2D eigenvalue weighted by molar-refractivity contribution is 5.83. The van der Waals surface area contributed by atoms with Crippen LogP contribution in [-0.2, 0) is 0 Å². The van der Waals surface area contributed by atoms with Gasteiger partial charge in [0.25, 0.3) is 0 Å². The molecular formula is C24H31N. The summed E-state index contributed by atoms with van der Waals surface area (Å²) < 4.78 is 0. The molecule has 0 aliphatic rings. The minimum atomic E-state index is -0.0907. The molecular weight excluding hydrogens is 302 g/mol. The number of aliphatic imine (C=N–C) groups is 1. The summed E-state index contributed by atoms with van der Waals surface area (Å²) in [6.45, 7) is 15.6. The molecule has 1 heteroatoms. The van der Waals surface area contributed by atoms with E-state index in [0.29, 0.717) is 0 Å². The van der Waals surface area contributed by atoms with E-state index < -0.39 is 0 Å². The average Bonchev–Trinajstić information content (AvgIpc) is 2.62. The second-order valence-electron chi connectivity index (χ2n) is 5.16. The van der Waals surface area contributed by atoms with Gasteiger partial charge in [0.1, 0.15) is 0 Å². The van der Waals surface area contributed by atoms with Gasteiger partial charge in [-0.05, 0) is 44.4 Å². The van der Waals surface area contributed by atoms with Gasteiger partial charge in [-0.15, -0.1) is 0 Å². The van der Waals surface area contributed by atoms with Gasteiger partial charge in [-0.2, -0.15) is 0 Å². The van der Waals surface area contributed by atoms with Crippen LogP contribution in [0.3, 0.4) is 0 Å². The molecule has 0 spiro atoms. The van der Waals surface area contributed by atoms with Crippen molar-refractivity contribution in [2.45, 2.75) is 33.7 Å². The third-order valence-corrected chi connectivity index (χ3v) is 3.27. The van der Waals surface area contributed by atoms with E-state index in [1.165, 1.54) is 0 Å². The number of hydrogen-bond acceptors (Lipinski definition) is 1. The van der Waals surface area contributed by atoms with Crippen molar-refractivity contribution in [2.75, 3.05) is 0 Å². The Morgan fingerprint density at radius 3 is 2.00 bits per heavy atom. The van der Waals surface area contributed by atoms with Crippen molar-refractivity contribution in [3.05, 3.63) is 109 Å². The summed E-state index contributed by atoms with van der Waals surface area (Å²) in [4.78, 5) is 4.86. The molecule has 0 radical (unpaired) electrons. The number of nitrogens with zero attached hydrogens (tertiary/aromatic N) is 1. The Hall–Kier alpha value is -2.67. The lowest BCUT2D eigenvalue weighted by molar-refractivity contribution is 0.939. The molecule has 0 N–H and O–H groups in total. The lowest BCUT2D eigenvalue weighted by atomic mass is 9.97. The van der Waals surface area contributed by atoms with E-state index in [2.05, 4.69) is 37.5 Å². The zero-order valence-electron chi connectivity index (χ0n) is 16.0. The first-order valence-corrected chi connectivity index (χ1v) is 8.57. The standard InChI is InChI=1S/C24H31N/c1-7-13-18-22(12-6)24(23(17-11-5)19-14-8-2)25-20-21(15-9-3)16-10-4/h7-20,24H,1,3H2,2,4-6H3/b14-8-,16-10-,17-11-,18-13-,21-15+,22-12+,23-19+,25-20?. The van der Waals surface area contributed by atoms with Crippen LogP contribution in [0.5, 0.6) is 0 Å². The van der Waals surface area contributed by atoms with E-state index in [1.54, 1.807) is 12.2 Å². The lowest BCUT2D eigenvalue weighted by Gasteiger charge is -2.15. The van der Waals surface area contributed by atoms with Crippen molar-refractivity contribution in [3.8, 4) is 0 Å². The van der Waals surface area contributed by atoms with E-state index in [0.717, 1.165) is 16.7 Å². The van der Waals surface area contributed by atoms with Gasteiger partial charge in [-0.25, -0.2) is 0 Å². The van der Waals surface area contributed by atoms with Gasteiger partial charge in [0, 0.05) is 6.21 Å². The summed E-state index contributed by atoms with van der Waals surface area (Å²) in [6.07, 6.45) is 27.8. The van der Waals surface area contributed by atoms with E-state index in [-0.39, 0.29) is 6.04 Å². The maximum absolute atomic E-state index is 4.86.